The van der Waals surface area contributed by atoms with Crippen molar-refractivity contribution in [2.75, 3.05) is 25.5 Å². The van der Waals surface area contributed by atoms with Gasteiger partial charge in [-0.15, -0.1) is 22.7 Å². The average molecular weight is 430 g/mol. The van der Waals surface area contributed by atoms with Gasteiger partial charge < -0.3 is 10.1 Å². The zero-order valence-corrected chi connectivity index (χ0v) is 17.3. The largest absolute Gasteiger partial charge is 0.496 e. The fourth-order valence-corrected chi connectivity index (χ4v) is 5.37. The van der Waals surface area contributed by atoms with Gasteiger partial charge in [0.05, 0.1) is 30.7 Å². The number of thiophene rings is 2. The molecule has 1 amide bonds. The van der Waals surface area contributed by atoms with Crippen molar-refractivity contribution in [3.8, 4) is 5.75 Å². The van der Waals surface area contributed by atoms with E-state index in [0.717, 1.165) is 13.0 Å². The molecule has 3 heterocycles. The van der Waals surface area contributed by atoms with Crippen LogP contribution >= 0.6 is 22.7 Å². The summed E-state index contributed by atoms with van der Waals surface area (Å²) in [5.41, 5.74) is 1.22. The smallest absolute Gasteiger partial charge is 0.296 e. The number of rotatable bonds is 6. The number of benzene rings is 1. The van der Waals surface area contributed by atoms with Crippen molar-refractivity contribution in [2.24, 2.45) is 0 Å². The predicted octanol–water partition coefficient (Wildman–Crippen LogP) is 4.31. The Morgan fingerprint density at radius 2 is 2.17 bits per heavy atom. The first kappa shape index (κ1) is 19.6. The van der Waals surface area contributed by atoms with Gasteiger partial charge in [-0.25, -0.2) is 0 Å². The van der Waals surface area contributed by atoms with Gasteiger partial charge in [0.25, 0.3) is 5.69 Å². The second-order valence-corrected chi connectivity index (χ2v) is 8.61. The molecule has 2 aromatic heterocycles. The molecule has 150 valence electrons. The normalized spacial score (nSPS) is 16.2. The molecule has 7 nitrogen and oxygen atoms in total. The van der Waals surface area contributed by atoms with Crippen LogP contribution in [0.15, 0.2) is 47.2 Å². The minimum atomic E-state index is -0.523. The molecule has 1 N–H and O–H groups in total. The van der Waals surface area contributed by atoms with Gasteiger partial charge in [0.1, 0.15) is 11.4 Å². The summed E-state index contributed by atoms with van der Waals surface area (Å²) in [7, 11) is 1.44. The van der Waals surface area contributed by atoms with Crippen molar-refractivity contribution in [3.63, 3.8) is 0 Å². The number of ether oxygens (including phenoxy) is 1. The second kappa shape index (κ2) is 8.32. The standard InChI is InChI=1S/C20H19N3O4S2/c1-27-13-4-5-15(16(11-13)23(25)26)21-19(24)12-22-8-6-17-14(7-10-29-17)20(22)18-3-2-9-28-18/h2-5,7,9-11,20H,6,8,12H2,1H3,(H,21,24). The number of nitro benzene ring substituents is 1. The van der Waals surface area contributed by atoms with E-state index in [9.17, 15) is 14.9 Å². The number of nitrogens with zero attached hydrogens (tertiary/aromatic N) is 2. The van der Waals surface area contributed by atoms with Crippen LogP contribution in [0.4, 0.5) is 11.4 Å². The predicted molar refractivity (Wildman–Crippen MR) is 114 cm³/mol. The number of fused-ring (bicyclic) bond motifs is 1. The van der Waals surface area contributed by atoms with E-state index >= 15 is 0 Å². The highest BCUT2D eigenvalue weighted by molar-refractivity contribution is 7.10. The van der Waals surface area contributed by atoms with Crippen molar-refractivity contribution in [1.82, 2.24) is 4.90 Å². The van der Waals surface area contributed by atoms with Crippen molar-refractivity contribution in [3.05, 3.63) is 72.6 Å². The third-order valence-corrected chi connectivity index (χ3v) is 6.82. The minimum absolute atomic E-state index is 0.0293. The highest BCUT2D eigenvalue weighted by Crippen LogP contribution is 2.39. The molecule has 4 rings (SSSR count). The van der Waals surface area contributed by atoms with Crippen LogP contribution in [-0.2, 0) is 11.2 Å². The summed E-state index contributed by atoms with van der Waals surface area (Å²) in [5, 5.41) is 18.2. The van der Waals surface area contributed by atoms with E-state index in [1.54, 1.807) is 28.7 Å². The molecule has 1 atom stereocenters. The number of amides is 1. The van der Waals surface area contributed by atoms with Crippen LogP contribution in [0.1, 0.15) is 21.4 Å². The summed E-state index contributed by atoms with van der Waals surface area (Å²) in [6.45, 7) is 0.912. The van der Waals surface area contributed by atoms with Gasteiger partial charge in [0.2, 0.25) is 5.91 Å². The minimum Gasteiger partial charge on any atom is -0.496 e. The number of anilines is 1. The Morgan fingerprint density at radius 1 is 1.31 bits per heavy atom. The maximum atomic E-state index is 12.8. The Labute approximate surface area is 175 Å². The zero-order chi connectivity index (χ0) is 20.4. The first-order chi connectivity index (χ1) is 14.1. The molecule has 0 aliphatic carbocycles. The summed E-state index contributed by atoms with van der Waals surface area (Å²) < 4.78 is 5.04. The summed E-state index contributed by atoms with van der Waals surface area (Å²) >= 11 is 3.42. The van der Waals surface area contributed by atoms with E-state index in [2.05, 4.69) is 27.7 Å². The number of nitro groups is 1. The molecule has 1 aliphatic rings. The van der Waals surface area contributed by atoms with Crippen molar-refractivity contribution < 1.29 is 14.5 Å². The molecule has 9 heteroatoms. The maximum absolute atomic E-state index is 12.8. The maximum Gasteiger partial charge on any atom is 0.296 e. The highest BCUT2D eigenvalue weighted by atomic mass is 32.1. The second-order valence-electron chi connectivity index (χ2n) is 6.63. The molecule has 0 bridgehead atoms. The van der Waals surface area contributed by atoms with Crippen LogP contribution in [0.25, 0.3) is 0 Å². The number of hydrogen-bond acceptors (Lipinski definition) is 7. The fraction of sp³-hybridized carbons (Fsp3) is 0.250. The molecule has 1 aromatic carbocycles. The van der Waals surface area contributed by atoms with Gasteiger partial charge >= 0.3 is 0 Å². The Balaban J connectivity index is 1.55. The topological polar surface area (TPSA) is 84.7 Å². The van der Waals surface area contributed by atoms with Crippen LogP contribution in [0.3, 0.4) is 0 Å². The SMILES string of the molecule is COc1ccc(NC(=O)CN2CCc3sccc3C2c2cccs2)c([N+](=O)[O-])c1. The summed E-state index contributed by atoms with van der Waals surface area (Å²) in [6.07, 6.45) is 0.894. The lowest BCUT2D eigenvalue weighted by molar-refractivity contribution is -0.384. The first-order valence-electron chi connectivity index (χ1n) is 9.03. The zero-order valence-electron chi connectivity index (χ0n) is 15.7. The van der Waals surface area contributed by atoms with E-state index in [-0.39, 0.29) is 29.9 Å². The Hall–Kier alpha value is -2.75. The molecular weight excluding hydrogens is 410 g/mol. The van der Waals surface area contributed by atoms with Crippen molar-refractivity contribution in [1.29, 1.82) is 0 Å². The van der Waals surface area contributed by atoms with E-state index in [0.29, 0.717) is 5.75 Å². The molecular formula is C20H19N3O4S2. The van der Waals surface area contributed by atoms with Crippen LogP contribution in [0.2, 0.25) is 0 Å². The third kappa shape index (κ3) is 4.02. The van der Waals surface area contributed by atoms with Gasteiger partial charge in [-0.05, 0) is 47.0 Å². The van der Waals surface area contributed by atoms with Gasteiger partial charge in [0, 0.05) is 16.3 Å². The van der Waals surface area contributed by atoms with Crippen molar-refractivity contribution >= 4 is 40.0 Å². The number of carbonyl (C=O) groups is 1. The van der Waals surface area contributed by atoms with Crippen LogP contribution in [-0.4, -0.2) is 35.9 Å². The number of methoxy groups -OCH3 is 1. The van der Waals surface area contributed by atoms with Crippen molar-refractivity contribution in [2.45, 2.75) is 12.5 Å². The Kier molecular flexibility index (Phi) is 5.61. The highest BCUT2D eigenvalue weighted by Gasteiger charge is 2.31. The van der Waals surface area contributed by atoms with E-state index in [1.807, 2.05) is 11.4 Å². The molecule has 1 aliphatic heterocycles. The fourth-order valence-electron chi connectivity index (χ4n) is 3.59. The molecule has 0 saturated carbocycles. The molecule has 0 radical (unpaired) electrons. The molecule has 1 unspecified atom stereocenters. The summed E-state index contributed by atoms with van der Waals surface area (Å²) in [6, 6.07) is 10.7. The average Bonchev–Trinajstić information content (AvgIpc) is 3.39. The van der Waals surface area contributed by atoms with E-state index < -0.39 is 4.92 Å². The number of hydrogen-bond donors (Lipinski definition) is 1. The van der Waals surface area contributed by atoms with E-state index in [1.165, 1.54) is 34.6 Å². The van der Waals surface area contributed by atoms with Gasteiger partial charge in [-0.1, -0.05) is 6.07 Å². The lowest BCUT2D eigenvalue weighted by Gasteiger charge is -2.34. The van der Waals surface area contributed by atoms with Gasteiger partial charge in [-0.2, -0.15) is 0 Å². The lowest BCUT2D eigenvalue weighted by Crippen LogP contribution is -2.40. The quantitative estimate of drug-likeness (QED) is 0.466. The van der Waals surface area contributed by atoms with Crippen LogP contribution in [0, 0.1) is 10.1 Å². The summed E-state index contributed by atoms with van der Waals surface area (Å²) in [4.78, 5) is 28.3. The first-order valence-corrected chi connectivity index (χ1v) is 10.8. The molecule has 0 saturated heterocycles. The monoisotopic (exact) mass is 429 g/mol. The van der Waals surface area contributed by atoms with Gasteiger partial charge in [-0.3, -0.25) is 19.8 Å². The summed E-state index contributed by atoms with van der Waals surface area (Å²) in [5.74, 6) is 0.0898. The number of carbonyl (C=O) groups excluding carboxylic acids is 1. The Morgan fingerprint density at radius 3 is 2.90 bits per heavy atom. The lowest BCUT2D eigenvalue weighted by atomic mass is 9.98. The number of nitrogens with one attached hydrogen (secondary N) is 1. The molecule has 29 heavy (non-hydrogen) atoms. The van der Waals surface area contributed by atoms with E-state index in [4.69, 9.17) is 4.74 Å². The van der Waals surface area contributed by atoms with Crippen LogP contribution in [0.5, 0.6) is 5.75 Å². The molecule has 3 aromatic rings. The molecule has 0 spiro atoms. The Bertz CT molecular complexity index is 1030. The molecule has 0 fully saturated rings. The third-order valence-electron chi connectivity index (χ3n) is 4.90. The van der Waals surface area contributed by atoms with Crippen LogP contribution < -0.4 is 10.1 Å². The van der Waals surface area contributed by atoms with Gasteiger partial charge in [0.15, 0.2) is 0 Å².